The van der Waals surface area contributed by atoms with Crippen LogP contribution in [0.4, 0.5) is 5.69 Å². The predicted molar refractivity (Wildman–Crippen MR) is 62.6 cm³/mol. The average molecular weight is 237 g/mol. The van der Waals surface area contributed by atoms with Crippen LogP contribution in [0.5, 0.6) is 0 Å². The Morgan fingerprint density at radius 3 is 2.62 bits per heavy atom. The summed E-state index contributed by atoms with van der Waals surface area (Å²) in [6, 6.07) is 6.70. The van der Waals surface area contributed by atoms with Crippen LogP contribution in [0.15, 0.2) is 30.5 Å². The van der Waals surface area contributed by atoms with E-state index in [1.165, 1.54) is 12.1 Å². The van der Waals surface area contributed by atoms with Crippen molar-refractivity contribution < 1.29 is 4.92 Å². The highest BCUT2D eigenvalue weighted by molar-refractivity contribution is 6.32. The zero-order valence-corrected chi connectivity index (χ0v) is 9.28. The van der Waals surface area contributed by atoms with Crippen LogP contribution in [0.25, 0.3) is 11.1 Å². The van der Waals surface area contributed by atoms with Crippen molar-refractivity contribution in [2.75, 3.05) is 0 Å². The largest absolute Gasteiger partial charge is 0.365 e. The molecule has 1 heterocycles. The average Bonchev–Trinajstić information content (AvgIpc) is 2.65. The van der Waals surface area contributed by atoms with Crippen molar-refractivity contribution in [1.29, 1.82) is 0 Å². The van der Waals surface area contributed by atoms with Gasteiger partial charge < -0.3 is 4.98 Å². The first kappa shape index (κ1) is 10.7. The third-order valence-electron chi connectivity index (χ3n) is 2.30. The highest BCUT2D eigenvalue weighted by atomic mass is 35.5. The van der Waals surface area contributed by atoms with Crippen molar-refractivity contribution in [2.24, 2.45) is 0 Å². The second-order valence-corrected chi connectivity index (χ2v) is 3.90. The molecule has 5 heteroatoms. The maximum Gasteiger partial charge on any atom is 0.288 e. The van der Waals surface area contributed by atoms with Gasteiger partial charge in [0.05, 0.1) is 4.92 Å². The Morgan fingerprint density at radius 1 is 1.31 bits per heavy atom. The first-order valence-electron chi connectivity index (χ1n) is 4.67. The lowest BCUT2D eigenvalue weighted by molar-refractivity contribution is -0.384. The summed E-state index contributed by atoms with van der Waals surface area (Å²) in [6.45, 7) is 1.92. The van der Waals surface area contributed by atoms with Crippen LogP contribution in [-0.2, 0) is 0 Å². The Bertz CT molecular complexity index is 549. The van der Waals surface area contributed by atoms with Crippen LogP contribution < -0.4 is 0 Å². The first-order chi connectivity index (χ1) is 7.58. The molecule has 0 fully saturated rings. The van der Waals surface area contributed by atoms with Crippen molar-refractivity contribution in [3.8, 4) is 11.1 Å². The molecule has 0 unspecified atom stereocenters. The van der Waals surface area contributed by atoms with E-state index in [0.29, 0.717) is 0 Å². The number of nitro benzene ring substituents is 1. The number of H-pyrrole nitrogens is 1. The van der Waals surface area contributed by atoms with Gasteiger partial charge in [0.1, 0.15) is 5.02 Å². The molecule has 2 aromatic rings. The minimum Gasteiger partial charge on any atom is -0.365 e. The molecule has 1 N–H and O–H groups in total. The molecule has 0 atom stereocenters. The standard InChI is InChI=1S/C11H9ClN2O2/c1-7-4-9(6-13-7)8-2-3-10(12)11(5-8)14(15)16/h2-6,13H,1H3. The molecule has 0 aliphatic carbocycles. The third-order valence-corrected chi connectivity index (χ3v) is 2.62. The Balaban J connectivity index is 2.51. The number of aryl methyl sites for hydroxylation is 1. The highest BCUT2D eigenvalue weighted by Crippen LogP contribution is 2.30. The second kappa shape index (κ2) is 3.98. The van der Waals surface area contributed by atoms with Gasteiger partial charge >= 0.3 is 0 Å². The quantitative estimate of drug-likeness (QED) is 0.640. The number of nitrogens with zero attached hydrogens (tertiary/aromatic N) is 1. The van der Waals surface area contributed by atoms with Gasteiger partial charge in [-0.1, -0.05) is 17.7 Å². The van der Waals surface area contributed by atoms with Gasteiger partial charge in [-0.05, 0) is 30.2 Å². The Labute approximate surface area is 97.0 Å². The molecule has 16 heavy (non-hydrogen) atoms. The van der Waals surface area contributed by atoms with E-state index in [4.69, 9.17) is 11.6 Å². The fourth-order valence-corrected chi connectivity index (χ4v) is 1.69. The molecule has 82 valence electrons. The summed E-state index contributed by atoms with van der Waals surface area (Å²) >= 11 is 5.73. The van der Waals surface area contributed by atoms with Gasteiger partial charge in [0.15, 0.2) is 0 Å². The lowest BCUT2D eigenvalue weighted by Gasteiger charge is -1.99. The molecule has 0 saturated heterocycles. The van der Waals surface area contributed by atoms with Crippen LogP contribution in [0.1, 0.15) is 5.69 Å². The molecule has 0 aliphatic rings. The van der Waals surface area contributed by atoms with Crippen molar-refractivity contribution >= 4 is 17.3 Å². The SMILES string of the molecule is Cc1cc(-c2ccc(Cl)c([N+](=O)[O-])c2)c[nH]1. The van der Waals surface area contributed by atoms with E-state index in [0.717, 1.165) is 16.8 Å². The van der Waals surface area contributed by atoms with Gasteiger partial charge in [-0.2, -0.15) is 0 Å². The molecule has 0 bridgehead atoms. The Hall–Kier alpha value is -1.81. The first-order valence-corrected chi connectivity index (χ1v) is 5.05. The predicted octanol–water partition coefficient (Wildman–Crippen LogP) is 3.55. The van der Waals surface area contributed by atoms with E-state index >= 15 is 0 Å². The normalized spacial score (nSPS) is 10.4. The molecule has 0 spiro atoms. The Morgan fingerprint density at radius 2 is 2.06 bits per heavy atom. The number of benzene rings is 1. The van der Waals surface area contributed by atoms with E-state index in [1.54, 1.807) is 6.07 Å². The molecule has 2 rings (SSSR count). The van der Waals surface area contributed by atoms with Gasteiger partial charge in [-0.3, -0.25) is 10.1 Å². The van der Waals surface area contributed by atoms with Gasteiger partial charge in [0.2, 0.25) is 0 Å². The van der Waals surface area contributed by atoms with E-state index in [-0.39, 0.29) is 10.7 Å². The van der Waals surface area contributed by atoms with Crippen LogP contribution in [-0.4, -0.2) is 9.91 Å². The smallest absolute Gasteiger partial charge is 0.288 e. The summed E-state index contributed by atoms with van der Waals surface area (Å²) in [7, 11) is 0. The molecule has 0 aliphatic heterocycles. The number of hydrogen-bond donors (Lipinski definition) is 1. The molecule has 0 radical (unpaired) electrons. The topological polar surface area (TPSA) is 58.9 Å². The van der Waals surface area contributed by atoms with Crippen LogP contribution in [0.3, 0.4) is 0 Å². The summed E-state index contributed by atoms with van der Waals surface area (Å²) < 4.78 is 0. The van der Waals surface area contributed by atoms with E-state index in [9.17, 15) is 10.1 Å². The summed E-state index contributed by atoms with van der Waals surface area (Å²) in [5.41, 5.74) is 2.63. The molecular weight excluding hydrogens is 228 g/mol. The van der Waals surface area contributed by atoms with E-state index < -0.39 is 4.92 Å². The van der Waals surface area contributed by atoms with Gasteiger partial charge in [0.25, 0.3) is 5.69 Å². The molecule has 0 amide bonds. The number of aromatic nitrogens is 1. The Kier molecular flexibility index (Phi) is 2.66. The lowest BCUT2D eigenvalue weighted by atomic mass is 10.1. The number of nitro groups is 1. The number of nitrogens with one attached hydrogen (secondary N) is 1. The minimum absolute atomic E-state index is 0.0713. The molecule has 1 aromatic carbocycles. The summed E-state index contributed by atoms with van der Waals surface area (Å²) in [5, 5.41) is 10.9. The lowest BCUT2D eigenvalue weighted by Crippen LogP contribution is -1.89. The maximum atomic E-state index is 10.7. The number of halogens is 1. The zero-order chi connectivity index (χ0) is 11.7. The van der Waals surface area contributed by atoms with Gasteiger partial charge in [-0.15, -0.1) is 0 Å². The van der Waals surface area contributed by atoms with Crippen molar-refractivity contribution in [2.45, 2.75) is 6.92 Å². The number of aromatic amines is 1. The molecular formula is C11H9ClN2O2. The van der Waals surface area contributed by atoms with Crippen molar-refractivity contribution in [3.05, 3.63) is 51.3 Å². The number of hydrogen-bond acceptors (Lipinski definition) is 2. The fourth-order valence-electron chi connectivity index (χ4n) is 1.51. The van der Waals surface area contributed by atoms with Gasteiger partial charge in [0, 0.05) is 18.0 Å². The van der Waals surface area contributed by atoms with Crippen LogP contribution >= 0.6 is 11.6 Å². The fraction of sp³-hybridized carbons (Fsp3) is 0.0909. The molecule has 4 nitrogen and oxygen atoms in total. The number of rotatable bonds is 2. The molecule has 0 saturated carbocycles. The van der Waals surface area contributed by atoms with Gasteiger partial charge in [-0.25, -0.2) is 0 Å². The highest BCUT2D eigenvalue weighted by Gasteiger charge is 2.13. The summed E-state index contributed by atoms with van der Waals surface area (Å²) in [4.78, 5) is 13.3. The van der Waals surface area contributed by atoms with E-state index in [2.05, 4.69) is 4.98 Å². The maximum absolute atomic E-state index is 10.7. The second-order valence-electron chi connectivity index (χ2n) is 3.49. The zero-order valence-electron chi connectivity index (χ0n) is 8.53. The molecule has 1 aromatic heterocycles. The van der Waals surface area contributed by atoms with Crippen LogP contribution in [0.2, 0.25) is 5.02 Å². The summed E-state index contributed by atoms with van der Waals surface area (Å²) in [6.07, 6.45) is 1.81. The van der Waals surface area contributed by atoms with Crippen LogP contribution in [0, 0.1) is 17.0 Å². The van der Waals surface area contributed by atoms with E-state index in [1.807, 2.05) is 19.2 Å². The third kappa shape index (κ3) is 1.92. The minimum atomic E-state index is -0.481. The van der Waals surface area contributed by atoms with Crippen molar-refractivity contribution in [3.63, 3.8) is 0 Å². The van der Waals surface area contributed by atoms with Crippen molar-refractivity contribution in [1.82, 2.24) is 4.98 Å². The monoisotopic (exact) mass is 236 g/mol. The summed E-state index contributed by atoms with van der Waals surface area (Å²) in [5.74, 6) is 0.